The number of hydrogen-bond donors (Lipinski definition) is 0. The van der Waals surface area contributed by atoms with Crippen LogP contribution in [-0.4, -0.2) is 9.97 Å². The van der Waals surface area contributed by atoms with E-state index in [0.29, 0.717) is 0 Å². The van der Waals surface area contributed by atoms with Crippen LogP contribution in [0.4, 0.5) is 0 Å². The van der Waals surface area contributed by atoms with Crippen molar-refractivity contribution in [3.05, 3.63) is 168 Å². The van der Waals surface area contributed by atoms with Crippen molar-refractivity contribution < 1.29 is 0 Å². The molecule has 10 rings (SSSR count). The van der Waals surface area contributed by atoms with Gasteiger partial charge in [0.15, 0.2) is 0 Å². The summed E-state index contributed by atoms with van der Waals surface area (Å²) in [6.45, 7) is 0. The molecule has 1 spiro atoms. The highest BCUT2D eigenvalue weighted by atomic mass is 14.7. The van der Waals surface area contributed by atoms with Crippen molar-refractivity contribution in [1.82, 2.24) is 9.97 Å². The van der Waals surface area contributed by atoms with Crippen molar-refractivity contribution in [3.63, 3.8) is 0 Å². The van der Waals surface area contributed by atoms with Gasteiger partial charge in [0.1, 0.15) is 0 Å². The van der Waals surface area contributed by atoms with Crippen LogP contribution < -0.4 is 0 Å². The van der Waals surface area contributed by atoms with E-state index in [1.807, 2.05) is 24.5 Å². The molecule has 6 aromatic carbocycles. The first-order valence-corrected chi connectivity index (χ1v) is 14.8. The van der Waals surface area contributed by atoms with E-state index in [-0.39, 0.29) is 0 Å². The lowest BCUT2D eigenvalue weighted by molar-refractivity contribution is 0.774. The van der Waals surface area contributed by atoms with Crippen LogP contribution in [0.25, 0.3) is 66.0 Å². The maximum absolute atomic E-state index is 4.80. The Kier molecular flexibility index (Phi) is 4.41. The molecular weight excluding hydrogens is 520 g/mol. The SMILES string of the molecule is c1ccc2c(c1)-c1ccc(-c3cc4cccnc4c4ncccc34)cc1C21c2ccccc2-c2cccc3cccc1c23. The maximum atomic E-state index is 4.80. The predicted octanol–water partition coefficient (Wildman–Crippen LogP) is 9.95. The van der Waals surface area contributed by atoms with Crippen molar-refractivity contribution in [1.29, 1.82) is 0 Å². The van der Waals surface area contributed by atoms with Crippen molar-refractivity contribution in [2.24, 2.45) is 0 Å². The summed E-state index contributed by atoms with van der Waals surface area (Å²) in [7, 11) is 0. The van der Waals surface area contributed by atoms with E-state index in [2.05, 4.69) is 121 Å². The second-order valence-corrected chi connectivity index (χ2v) is 11.7. The summed E-state index contributed by atoms with van der Waals surface area (Å²) in [6.07, 6.45) is 3.72. The molecule has 0 N–H and O–H groups in total. The third kappa shape index (κ3) is 2.83. The molecule has 2 aromatic heterocycles. The van der Waals surface area contributed by atoms with Gasteiger partial charge in [0.05, 0.1) is 16.4 Å². The lowest BCUT2D eigenvalue weighted by Crippen LogP contribution is -2.31. The van der Waals surface area contributed by atoms with Crippen LogP contribution in [0.3, 0.4) is 0 Å². The van der Waals surface area contributed by atoms with Crippen molar-refractivity contribution in [2.75, 3.05) is 0 Å². The minimum Gasteiger partial charge on any atom is -0.254 e. The fourth-order valence-corrected chi connectivity index (χ4v) is 8.11. The Bertz CT molecular complexity index is 2470. The molecular formula is C41H24N2. The monoisotopic (exact) mass is 544 g/mol. The van der Waals surface area contributed by atoms with Gasteiger partial charge in [-0.2, -0.15) is 0 Å². The minimum absolute atomic E-state index is 0.432. The van der Waals surface area contributed by atoms with Crippen LogP contribution in [0.2, 0.25) is 0 Å². The standard InChI is InChI=1S/C41H24N2/c1-3-16-34-28(12-1)30-20-19-26(33-23-27-11-7-21-42-39(27)40-32(33)15-8-22-43-40)24-37(30)41(34)35-17-4-2-13-29(35)31-14-5-9-25-10-6-18-36(41)38(25)31/h1-24H. The van der Waals surface area contributed by atoms with E-state index < -0.39 is 5.41 Å². The molecule has 2 nitrogen and oxygen atoms in total. The van der Waals surface area contributed by atoms with Gasteiger partial charge in [0, 0.05) is 23.2 Å². The zero-order valence-corrected chi connectivity index (χ0v) is 23.3. The van der Waals surface area contributed by atoms with Crippen molar-refractivity contribution in [3.8, 4) is 33.4 Å². The van der Waals surface area contributed by atoms with Gasteiger partial charge in [-0.25, -0.2) is 0 Å². The number of nitrogens with zero attached hydrogens (tertiary/aromatic N) is 2. The third-order valence-electron chi connectivity index (χ3n) is 9.75. The van der Waals surface area contributed by atoms with Gasteiger partial charge in [0.2, 0.25) is 0 Å². The predicted molar refractivity (Wildman–Crippen MR) is 176 cm³/mol. The van der Waals surface area contributed by atoms with E-state index in [9.17, 15) is 0 Å². The Morgan fingerprint density at radius 3 is 1.86 bits per heavy atom. The van der Waals surface area contributed by atoms with Gasteiger partial charge in [0.25, 0.3) is 0 Å². The van der Waals surface area contributed by atoms with Gasteiger partial charge in [-0.3, -0.25) is 9.97 Å². The van der Waals surface area contributed by atoms with Crippen LogP contribution in [0.5, 0.6) is 0 Å². The number of pyridine rings is 2. The maximum Gasteiger partial charge on any atom is 0.0970 e. The Hall–Kier alpha value is -5.60. The molecule has 0 bridgehead atoms. The van der Waals surface area contributed by atoms with E-state index in [0.717, 1.165) is 21.8 Å². The molecule has 0 amide bonds. The van der Waals surface area contributed by atoms with E-state index in [4.69, 9.17) is 9.97 Å². The largest absolute Gasteiger partial charge is 0.254 e. The smallest absolute Gasteiger partial charge is 0.0970 e. The van der Waals surface area contributed by atoms with E-state index in [1.54, 1.807) is 0 Å². The summed E-state index contributed by atoms with van der Waals surface area (Å²) < 4.78 is 0. The van der Waals surface area contributed by atoms with Crippen LogP contribution in [0.15, 0.2) is 146 Å². The van der Waals surface area contributed by atoms with Crippen LogP contribution in [0.1, 0.15) is 22.3 Å². The van der Waals surface area contributed by atoms with E-state index >= 15 is 0 Å². The molecule has 198 valence electrons. The third-order valence-corrected chi connectivity index (χ3v) is 9.75. The second-order valence-electron chi connectivity index (χ2n) is 11.7. The van der Waals surface area contributed by atoms with Crippen LogP contribution in [0, 0.1) is 0 Å². The average Bonchev–Trinajstić information content (AvgIpc) is 3.37. The number of hydrogen-bond acceptors (Lipinski definition) is 2. The number of benzene rings is 6. The number of rotatable bonds is 1. The first-order valence-electron chi connectivity index (χ1n) is 14.8. The minimum atomic E-state index is -0.432. The van der Waals surface area contributed by atoms with Crippen molar-refractivity contribution >= 4 is 32.6 Å². The molecule has 43 heavy (non-hydrogen) atoms. The second kappa shape index (κ2) is 8.24. The molecule has 0 saturated heterocycles. The lowest BCUT2D eigenvalue weighted by atomic mass is 9.61. The molecule has 0 aliphatic heterocycles. The molecule has 2 aliphatic carbocycles. The van der Waals surface area contributed by atoms with Gasteiger partial charge in [-0.15, -0.1) is 0 Å². The molecule has 2 heteroatoms. The summed E-state index contributed by atoms with van der Waals surface area (Å²) in [6, 6.07) is 49.4. The van der Waals surface area contributed by atoms with Crippen molar-refractivity contribution in [2.45, 2.75) is 5.41 Å². The molecule has 0 fully saturated rings. The Morgan fingerprint density at radius 1 is 0.395 bits per heavy atom. The molecule has 2 heterocycles. The zero-order valence-electron chi connectivity index (χ0n) is 23.3. The lowest BCUT2D eigenvalue weighted by Gasteiger charge is -2.40. The Morgan fingerprint density at radius 2 is 1.02 bits per heavy atom. The highest BCUT2D eigenvalue weighted by molar-refractivity contribution is 6.11. The van der Waals surface area contributed by atoms with Gasteiger partial charge < -0.3 is 0 Å². The topological polar surface area (TPSA) is 25.8 Å². The number of aromatic nitrogens is 2. The highest BCUT2D eigenvalue weighted by Crippen LogP contribution is 2.62. The number of fused-ring (bicyclic) bond motifs is 12. The molecule has 8 aromatic rings. The summed E-state index contributed by atoms with van der Waals surface area (Å²) in [5, 5.41) is 4.85. The normalized spacial score (nSPS) is 16.0. The summed E-state index contributed by atoms with van der Waals surface area (Å²) in [4.78, 5) is 9.50. The quantitative estimate of drug-likeness (QED) is 0.192. The zero-order chi connectivity index (χ0) is 28.1. The molecule has 0 saturated carbocycles. The summed E-state index contributed by atoms with van der Waals surface area (Å²) in [5.41, 5.74) is 14.5. The van der Waals surface area contributed by atoms with Gasteiger partial charge in [-0.05, 0) is 90.7 Å². The van der Waals surface area contributed by atoms with Crippen LogP contribution in [-0.2, 0) is 5.41 Å². The van der Waals surface area contributed by atoms with Gasteiger partial charge >= 0.3 is 0 Å². The first-order chi connectivity index (χ1) is 21.3. The molecule has 1 atom stereocenters. The highest BCUT2D eigenvalue weighted by Gasteiger charge is 2.50. The fourth-order valence-electron chi connectivity index (χ4n) is 8.11. The van der Waals surface area contributed by atoms with Gasteiger partial charge in [-0.1, -0.05) is 109 Å². The van der Waals surface area contributed by atoms with Crippen LogP contribution >= 0.6 is 0 Å². The fraction of sp³-hybridized carbons (Fsp3) is 0.0244. The Balaban J connectivity index is 1.37. The summed E-state index contributed by atoms with van der Waals surface area (Å²) >= 11 is 0. The Labute approximate surface area is 248 Å². The first kappa shape index (κ1) is 23.0. The molecule has 1 unspecified atom stereocenters. The summed E-state index contributed by atoms with van der Waals surface area (Å²) in [5.74, 6) is 0. The average molecular weight is 545 g/mol. The molecule has 0 radical (unpaired) electrons. The van der Waals surface area contributed by atoms with E-state index in [1.165, 1.54) is 66.4 Å². The molecule has 2 aliphatic rings.